The van der Waals surface area contributed by atoms with Gasteiger partial charge in [0.1, 0.15) is 11.5 Å². The van der Waals surface area contributed by atoms with Gasteiger partial charge in [-0.1, -0.05) is 48.6 Å². The van der Waals surface area contributed by atoms with Gasteiger partial charge < -0.3 is 10.1 Å². The number of carbonyl (C=O) groups excluding carboxylic acids is 3. The molecule has 196 valence electrons. The summed E-state index contributed by atoms with van der Waals surface area (Å²) in [7, 11) is 0. The zero-order chi connectivity index (χ0) is 27.0. The number of carbonyl (C=O) groups is 3. The van der Waals surface area contributed by atoms with Crippen LogP contribution in [0.25, 0.3) is 10.8 Å². The van der Waals surface area contributed by atoms with Gasteiger partial charge in [0.2, 0.25) is 11.8 Å². The molecule has 3 fully saturated rings. The number of rotatable bonds is 5. The standard InChI is InChI=1S/C34H26N2O4/c37-32(35-22-9-12-24(13-10-22)40-25-11-8-19-4-1-2-5-20(19)17-25)21-6-3-7-23(16-21)36-33(38)30-26-14-15-27(29-18-28(26)29)31(30)34(36)39/h1-17,26-31H,18H2,(H,35,37). The summed E-state index contributed by atoms with van der Waals surface area (Å²) in [5.74, 6) is 1.73. The first kappa shape index (κ1) is 23.2. The van der Waals surface area contributed by atoms with Crippen molar-refractivity contribution < 1.29 is 19.1 Å². The SMILES string of the molecule is O=C(Nc1ccc(Oc2ccc3ccccc3c2)cc1)c1cccc(N2C(=O)C3C4C=CC(C5CC45)C3C2=O)c1. The number of amides is 3. The average Bonchev–Trinajstić information content (AvgIpc) is 3.76. The van der Waals surface area contributed by atoms with Gasteiger partial charge in [0.25, 0.3) is 5.91 Å². The number of anilines is 2. The smallest absolute Gasteiger partial charge is 0.255 e. The van der Waals surface area contributed by atoms with Gasteiger partial charge in [0.15, 0.2) is 0 Å². The second-order valence-electron chi connectivity index (χ2n) is 11.3. The van der Waals surface area contributed by atoms with Crippen molar-refractivity contribution in [3.05, 3.63) is 109 Å². The van der Waals surface area contributed by atoms with Crippen LogP contribution >= 0.6 is 0 Å². The second kappa shape index (κ2) is 8.65. The van der Waals surface area contributed by atoms with Gasteiger partial charge >= 0.3 is 0 Å². The van der Waals surface area contributed by atoms with Crippen LogP contribution in [0.15, 0.2) is 103 Å². The summed E-state index contributed by atoms with van der Waals surface area (Å²) in [5, 5.41) is 5.15. The normalized spacial score (nSPS) is 27.4. The highest BCUT2D eigenvalue weighted by molar-refractivity contribution is 6.23. The molecule has 3 amide bonds. The molecule has 6 nitrogen and oxygen atoms in total. The molecule has 6 unspecified atom stereocenters. The molecule has 4 aromatic rings. The number of fused-ring (bicyclic) bond motifs is 1. The molecule has 0 aromatic heterocycles. The monoisotopic (exact) mass is 526 g/mol. The van der Waals surface area contributed by atoms with Crippen LogP contribution in [0.1, 0.15) is 16.8 Å². The largest absolute Gasteiger partial charge is 0.457 e. The van der Waals surface area contributed by atoms with E-state index in [-0.39, 0.29) is 41.4 Å². The number of ether oxygens (including phenoxy) is 1. The van der Waals surface area contributed by atoms with Crippen LogP contribution in [-0.4, -0.2) is 17.7 Å². The Bertz CT molecular complexity index is 1710. The summed E-state index contributed by atoms with van der Waals surface area (Å²) < 4.78 is 6.01. The molecule has 2 bridgehead atoms. The first-order valence-electron chi connectivity index (χ1n) is 13.8. The number of benzene rings is 4. The average molecular weight is 527 g/mol. The summed E-state index contributed by atoms with van der Waals surface area (Å²) in [6.07, 6.45) is 5.45. The molecule has 1 saturated heterocycles. The molecule has 9 rings (SSSR count). The molecular formula is C34H26N2O4. The van der Waals surface area contributed by atoms with E-state index in [1.165, 1.54) is 4.90 Å². The Morgan fingerprint density at radius 3 is 2.12 bits per heavy atom. The molecule has 1 N–H and O–H groups in total. The van der Waals surface area contributed by atoms with Crippen molar-refractivity contribution in [3.8, 4) is 11.5 Å². The Morgan fingerprint density at radius 2 is 1.40 bits per heavy atom. The molecule has 6 atom stereocenters. The third-order valence-electron chi connectivity index (χ3n) is 9.10. The Labute approximate surface area is 231 Å². The van der Waals surface area contributed by atoms with Crippen LogP contribution in [0.4, 0.5) is 11.4 Å². The zero-order valence-corrected chi connectivity index (χ0v) is 21.6. The number of hydrogen-bond donors (Lipinski definition) is 1. The van der Waals surface area contributed by atoms with E-state index < -0.39 is 0 Å². The van der Waals surface area contributed by atoms with E-state index in [4.69, 9.17) is 4.74 Å². The van der Waals surface area contributed by atoms with Crippen LogP contribution < -0.4 is 15.0 Å². The van der Waals surface area contributed by atoms with Crippen LogP contribution in [0.3, 0.4) is 0 Å². The molecule has 2 saturated carbocycles. The maximum absolute atomic E-state index is 13.5. The lowest BCUT2D eigenvalue weighted by molar-refractivity contribution is -0.124. The first-order chi connectivity index (χ1) is 19.5. The minimum absolute atomic E-state index is 0.126. The lowest BCUT2D eigenvalue weighted by Gasteiger charge is -2.37. The number of imide groups is 1. The van der Waals surface area contributed by atoms with E-state index in [0.29, 0.717) is 34.5 Å². The van der Waals surface area contributed by atoms with Crippen molar-refractivity contribution in [3.63, 3.8) is 0 Å². The van der Waals surface area contributed by atoms with Crippen LogP contribution in [0, 0.1) is 35.5 Å². The molecule has 40 heavy (non-hydrogen) atoms. The van der Waals surface area contributed by atoms with Crippen LogP contribution in [-0.2, 0) is 9.59 Å². The van der Waals surface area contributed by atoms with E-state index in [1.54, 1.807) is 48.5 Å². The molecular weight excluding hydrogens is 500 g/mol. The zero-order valence-electron chi connectivity index (χ0n) is 21.6. The van der Waals surface area contributed by atoms with Crippen molar-refractivity contribution >= 4 is 39.9 Å². The Morgan fingerprint density at radius 1 is 0.725 bits per heavy atom. The maximum atomic E-state index is 13.5. The highest BCUT2D eigenvalue weighted by Gasteiger charge is 2.67. The summed E-state index contributed by atoms with van der Waals surface area (Å²) in [6, 6.07) is 28.0. The van der Waals surface area contributed by atoms with E-state index in [9.17, 15) is 14.4 Å². The van der Waals surface area contributed by atoms with Crippen molar-refractivity contribution in [2.75, 3.05) is 10.2 Å². The molecule has 4 aromatic carbocycles. The Hall–Kier alpha value is -4.71. The molecule has 1 aliphatic heterocycles. The maximum Gasteiger partial charge on any atom is 0.255 e. The molecule has 4 aliphatic carbocycles. The van der Waals surface area contributed by atoms with Crippen molar-refractivity contribution in [1.82, 2.24) is 0 Å². The Balaban J connectivity index is 0.971. The van der Waals surface area contributed by atoms with Crippen molar-refractivity contribution in [2.24, 2.45) is 35.5 Å². The van der Waals surface area contributed by atoms with E-state index in [1.807, 2.05) is 36.4 Å². The van der Waals surface area contributed by atoms with Gasteiger partial charge in [0.05, 0.1) is 17.5 Å². The van der Waals surface area contributed by atoms with Crippen molar-refractivity contribution in [1.29, 1.82) is 0 Å². The minimum atomic E-state index is -0.315. The molecule has 5 aliphatic rings. The van der Waals surface area contributed by atoms with Gasteiger partial charge in [-0.3, -0.25) is 14.4 Å². The van der Waals surface area contributed by atoms with Gasteiger partial charge in [-0.25, -0.2) is 4.90 Å². The van der Waals surface area contributed by atoms with Crippen LogP contribution in [0.5, 0.6) is 11.5 Å². The quantitative estimate of drug-likeness (QED) is 0.240. The predicted octanol–water partition coefficient (Wildman–Crippen LogP) is 6.44. The van der Waals surface area contributed by atoms with Gasteiger partial charge in [-0.15, -0.1) is 0 Å². The van der Waals surface area contributed by atoms with E-state index in [0.717, 1.165) is 22.9 Å². The number of nitrogens with zero attached hydrogens (tertiary/aromatic N) is 1. The minimum Gasteiger partial charge on any atom is -0.457 e. The summed E-state index contributed by atoms with van der Waals surface area (Å²) in [6.45, 7) is 0. The van der Waals surface area contributed by atoms with Crippen LogP contribution in [0.2, 0.25) is 0 Å². The summed E-state index contributed by atoms with van der Waals surface area (Å²) in [5.41, 5.74) is 1.46. The van der Waals surface area contributed by atoms with Crippen molar-refractivity contribution in [2.45, 2.75) is 6.42 Å². The topological polar surface area (TPSA) is 75.7 Å². The molecule has 6 heteroatoms. The lowest BCUT2D eigenvalue weighted by atomic mass is 9.63. The fourth-order valence-electron chi connectivity index (χ4n) is 7.17. The lowest BCUT2D eigenvalue weighted by Crippen LogP contribution is -2.40. The summed E-state index contributed by atoms with van der Waals surface area (Å²) in [4.78, 5) is 41.4. The predicted molar refractivity (Wildman–Crippen MR) is 152 cm³/mol. The second-order valence-corrected chi connectivity index (χ2v) is 11.3. The molecule has 0 radical (unpaired) electrons. The number of allylic oxidation sites excluding steroid dienone is 2. The third-order valence-corrected chi connectivity index (χ3v) is 9.10. The fourth-order valence-corrected chi connectivity index (χ4v) is 7.17. The van der Waals surface area contributed by atoms with E-state index in [2.05, 4.69) is 23.5 Å². The van der Waals surface area contributed by atoms with Gasteiger partial charge in [0, 0.05) is 11.3 Å². The summed E-state index contributed by atoms with van der Waals surface area (Å²) >= 11 is 0. The first-order valence-corrected chi connectivity index (χ1v) is 13.8. The van der Waals surface area contributed by atoms with Gasteiger partial charge in [-0.2, -0.15) is 0 Å². The Kier molecular flexibility index (Phi) is 5.02. The van der Waals surface area contributed by atoms with Gasteiger partial charge in [-0.05, 0) is 95.5 Å². The highest BCUT2D eigenvalue weighted by atomic mass is 16.5. The number of nitrogens with one attached hydrogen (secondary N) is 1. The molecule has 1 heterocycles. The number of hydrogen-bond acceptors (Lipinski definition) is 4. The van der Waals surface area contributed by atoms with E-state index >= 15 is 0 Å². The molecule has 0 spiro atoms. The fraction of sp³-hybridized carbons (Fsp3) is 0.206. The highest BCUT2D eigenvalue weighted by Crippen LogP contribution is 2.65. The third kappa shape index (κ3) is 3.59.